The minimum atomic E-state index is -0.256. The van der Waals surface area contributed by atoms with Crippen molar-refractivity contribution in [1.82, 2.24) is 9.27 Å². The first-order valence-corrected chi connectivity index (χ1v) is 9.30. The molecule has 2 aliphatic heterocycles. The van der Waals surface area contributed by atoms with Gasteiger partial charge in [0.15, 0.2) is 0 Å². The second-order valence-corrected chi connectivity index (χ2v) is 7.14. The molecule has 0 radical (unpaired) electrons. The SMILES string of the molecule is O=C(c1cc(C2=CCOCC2)sn1)N1CCCC1c1ccc(F)cc1. The van der Waals surface area contributed by atoms with Gasteiger partial charge in [-0.2, -0.15) is 4.37 Å². The standard InChI is InChI=1S/C19H19FN2O2S/c20-15-5-3-13(4-6-15)17-2-1-9-22(17)19(23)16-12-18(25-21-16)14-7-10-24-11-8-14/h3-7,12,17H,1-2,8-11H2. The lowest BCUT2D eigenvalue weighted by molar-refractivity contribution is 0.0731. The molecular weight excluding hydrogens is 339 g/mol. The molecule has 0 N–H and O–H groups in total. The molecule has 0 spiro atoms. The molecule has 2 aromatic rings. The van der Waals surface area contributed by atoms with Crippen LogP contribution in [0.3, 0.4) is 0 Å². The average Bonchev–Trinajstić information content (AvgIpc) is 3.32. The molecule has 0 saturated carbocycles. The quantitative estimate of drug-likeness (QED) is 0.831. The summed E-state index contributed by atoms with van der Waals surface area (Å²) >= 11 is 1.37. The van der Waals surface area contributed by atoms with Crippen LogP contribution in [0, 0.1) is 5.82 Å². The molecule has 1 unspecified atom stereocenters. The normalized spacial score (nSPS) is 20.6. The van der Waals surface area contributed by atoms with Crippen LogP contribution < -0.4 is 0 Å². The molecule has 6 heteroatoms. The number of rotatable bonds is 3. The van der Waals surface area contributed by atoms with Gasteiger partial charge in [-0.3, -0.25) is 4.79 Å². The van der Waals surface area contributed by atoms with Crippen molar-refractivity contribution in [3.05, 3.63) is 58.4 Å². The van der Waals surface area contributed by atoms with Gasteiger partial charge >= 0.3 is 0 Å². The number of nitrogens with zero attached hydrogens (tertiary/aromatic N) is 2. The van der Waals surface area contributed by atoms with Gasteiger partial charge in [0, 0.05) is 6.54 Å². The van der Waals surface area contributed by atoms with Crippen LogP contribution in [-0.2, 0) is 4.74 Å². The van der Waals surface area contributed by atoms with E-state index >= 15 is 0 Å². The first-order valence-electron chi connectivity index (χ1n) is 8.52. The fourth-order valence-electron chi connectivity index (χ4n) is 3.47. The number of hydrogen-bond acceptors (Lipinski definition) is 4. The van der Waals surface area contributed by atoms with Crippen molar-refractivity contribution in [2.24, 2.45) is 0 Å². The fourth-order valence-corrected chi connectivity index (χ4v) is 4.26. The van der Waals surface area contributed by atoms with Gasteiger partial charge in [0.25, 0.3) is 5.91 Å². The summed E-state index contributed by atoms with van der Waals surface area (Å²) in [6.07, 6.45) is 4.77. The highest BCUT2D eigenvalue weighted by atomic mass is 32.1. The van der Waals surface area contributed by atoms with Crippen molar-refractivity contribution in [3.63, 3.8) is 0 Å². The predicted octanol–water partition coefficient (Wildman–Crippen LogP) is 4.06. The number of likely N-dealkylation sites (tertiary alicyclic amines) is 1. The van der Waals surface area contributed by atoms with Crippen molar-refractivity contribution < 1.29 is 13.9 Å². The van der Waals surface area contributed by atoms with Crippen molar-refractivity contribution in [2.75, 3.05) is 19.8 Å². The van der Waals surface area contributed by atoms with Crippen LogP contribution in [0.5, 0.6) is 0 Å². The van der Waals surface area contributed by atoms with Gasteiger partial charge in [-0.25, -0.2) is 4.39 Å². The van der Waals surface area contributed by atoms with Crippen molar-refractivity contribution in [3.8, 4) is 0 Å². The van der Waals surface area contributed by atoms with E-state index in [0.717, 1.165) is 29.7 Å². The maximum atomic E-state index is 13.2. The molecule has 1 aromatic carbocycles. The van der Waals surface area contributed by atoms with Gasteiger partial charge in [0.1, 0.15) is 11.5 Å². The fraction of sp³-hybridized carbons (Fsp3) is 0.368. The van der Waals surface area contributed by atoms with Gasteiger partial charge in [0.05, 0.1) is 24.1 Å². The van der Waals surface area contributed by atoms with Crippen LogP contribution in [0.4, 0.5) is 4.39 Å². The van der Waals surface area contributed by atoms with Crippen LogP contribution >= 0.6 is 11.5 Å². The number of carbonyl (C=O) groups excluding carboxylic acids is 1. The van der Waals surface area contributed by atoms with Crippen LogP contribution in [0.2, 0.25) is 0 Å². The van der Waals surface area contributed by atoms with E-state index < -0.39 is 0 Å². The number of amides is 1. The highest BCUT2D eigenvalue weighted by Crippen LogP contribution is 2.34. The summed E-state index contributed by atoms with van der Waals surface area (Å²) in [6, 6.07) is 8.34. The lowest BCUT2D eigenvalue weighted by Gasteiger charge is -2.24. The number of benzene rings is 1. The molecule has 25 heavy (non-hydrogen) atoms. The van der Waals surface area contributed by atoms with E-state index in [-0.39, 0.29) is 17.8 Å². The molecule has 1 fully saturated rings. The second kappa shape index (κ2) is 7.06. The van der Waals surface area contributed by atoms with Crippen molar-refractivity contribution >= 4 is 23.0 Å². The lowest BCUT2D eigenvalue weighted by atomic mass is 10.0. The summed E-state index contributed by atoms with van der Waals surface area (Å²) in [6.45, 7) is 2.05. The first-order chi connectivity index (χ1) is 12.2. The first kappa shape index (κ1) is 16.4. The summed E-state index contributed by atoms with van der Waals surface area (Å²) in [4.78, 5) is 15.9. The van der Waals surface area contributed by atoms with Gasteiger partial charge in [-0.1, -0.05) is 18.2 Å². The predicted molar refractivity (Wildman–Crippen MR) is 94.9 cm³/mol. The Morgan fingerprint density at radius 2 is 2.16 bits per heavy atom. The lowest BCUT2D eigenvalue weighted by Crippen LogP contribution is -2.30. The Morgan fingerprint density at radius 1 is 1.32 bits per heavy atom. The largest absolute Gasteiger partial charge is 0.377 e. The Labute approximate surface area is 150 Å². The van der Waals surface area contributed by atoms with Crippen LogP contribution in [0.25, 0.3) is 5.57 Å². The summed E-state index contributed by atoms with van der Waals surface area (Å²) in [5.41, 5.74) is 2.69. The molecule has 1 atom stereocenters. The highest BCUT2D eigenvalue weighted by Gasteiger charge is 2.32. The molecule has 130 valence electrons. The van der Waals surface area contributed by atoms with Crippen molar-refractivity contribution in [2.45, 2.75) is 25.3 Å². The van der Waals surface area contributed by atoms with Gasteiger partial charge in [-0.05, 0) is 60.1 Å². The van der Waals surface area contributed by atoms with E-state index in [0.29, 0.717) is 25.5 Å². The summed E-state index contributed by atoms with van der Waals surface area (Å²) < 4.78 is 22.9. The number of hydrogen-bond donors (Lipinski definition) is 0. The molecular formula is C19H19FN2O2S. The van der Waals surface area contributed by atoms with E-state index in [2.05, 4.69) is 10.4 Å². The zero-order valence-electron chi connectivity index (χ0n) is 13.8. The van der Waals surface area contributed by atoms with Gasteiger partial charge in [-0.15, -0.1) is 0 Å². The number of ether oxygens (including phenoxy) is 1. The Kier molecular flexibility index (Phi) is 4.63. The molecule has 0 aliphatic carbocycles. The summed E-state index contributed by atoms with van der Waals surface area (Å²) in [5, 5.41) is 0. The monoisotopic (exact) mass is 358 g/mol. The maximum absolute atomic E-state index is 13.2. The second-order valence-electron chi connectivity index (χ2n) is 6.34. The molecule has 0 bridgehead atoms. The number of halogens is 1. The van der Waals surface area contributed by atoms with Crippen molar-refractivity contribution in [1.29, 1.82) is 0 Å². The Hall–Kier alpha value is -2.05. The third-order valence-electron chi connectivity index (χ3n) is 4.78. The van der Waals surface area contributed by atoms with E-state index in [9.17, 15) is 9.18 Å². The van der Waals surface area contributed by atoms with Crippen LogP contribution in [0.1, 0.15) is 46.2 Å². The zero-order chi connectivity index (χ0) is 17.2. The van der Waals surface area contributed by atoms with E-state index in [1.165, 1.54) is 29.2 Å². The Morgan fingerprint density at radius 3 is 2.92 bits per heavy atom. The maximum Gasteiger partial charge on any atom is 0.274 e. The molecule has 1 saturated heterocycles. The molecule has 4 nitrogen and oxygen atoms in total. The van der Waals surface area contributed by atoms with E-state index in [1.807, 2.05) is 11.0 Å². The molecule has 2 aliphatic rings. The molecule has 1 amide bonds. The van der Waals surface area contributed by atoms with E-state index in [4.69, 9.17) is 4.74 Å². The Bertz CT molecular complexity index is 800. The smallest absolute Gasteiger partial charge is 0.274 e. The Balaban J connectivity index is 1.54. The van der Waals surface area contributed by atoms with Gasteiger partial charge < -0.3 is 9.64 Å². The minimum absolute atomic E-state index is 0.000506. The number of carbonyl (C=O) groups is 1. The number of aromatic nitrogens is 1. The minimum Gasteiger partial charge on any atom is -0.377 e. The van der Waals surface area contributed by atoms with Gasteiger partial charge in [0.2, 0.25) is 0 Å². The highest BCUT2D eigenvalue weighted by molar-refractivity contribution is 7.07. The summed E-state index contributed by atoms with van der Waals surface area (Å²) in [5.74, 6) is -0.296. The zero-order valence-corrected chi connectivity index (χ0v) is 14.6. The van der Waals surface area contributed by atoms with Crippen LogP contribution in [0.15, 0.2) is 36.4 Å². The third-order valence-corrected chi connectivity index (χ3v) is 5.64. The molecule has 1 aromatic heterocycles. The van der Waals surface area contributed by atoms with Crippen LogP contribution in [-0.4, -0.2) is 34.9 Å². The summed E-state index contributed by atoms with van der Waals surface area (Å²) in [7, 11) is 0. The topological polar surface area (TPSA) is 42.4 Å². The molecule has 3 heterocycles. The van der Waals surface area contributed by atoms with E-state index in [1.54, 1.807) is 12.1 Å². The third kappa shape index (κ3) is 3.37. The average molecular weight is 358 g/mol. The molecule has 4 rings (SSSR count).